The number of benzene rings is 1. The first-order valence-corrected chi connectivity index (χ1v) is 6.93. The molecule has 0 aliphatic carbocycles. The van der Waals surface area contributed by atoms with Crippen molar-refractivity contribution in [1.82, 2.24) is 5.32 Å². The molecule has 0 amide bonds. The number of fused-ring (bicyclic) bond motifs is 1. The Hall–Kier alpha value is -1.81. The molecule has 4 heteroatoms. The molecule has 0 saturated heterocycles. The van der Waals surface area contributed by atoms with Gasteiger partial charge in [0, 0.05) is 12.2 Å². The Morgan fingerprint density at radius 1 is 1.35 bits per heavy atom. The van der Waals surface area contributed by atoms with E-state index in [2.05, 4.69) is 23.2 Å². The number of furan rings is 1. The summed E-state index contributed by atoms with van der Waals surface area (Å²) >= 11 is 0. The van der Waals surface area contributed by atoms with Crippen LogP contribution >= 0.6 is 0 Å². The van der Waals surface area contributed by atoms with E-state index in [4.69, 9.17) is 4.42 Å². The molecule has 1 aromatic heterocycles. The maximum atomic E-state index is 13.4. The number of rotatable bonds is 4. The van der Waals surface area contributed by atoms with Gasteiger partial charge in [0.25, 0.3) is 0 Å². The Labute approximate surface area is 118 Å². The van der Waals surface area contributed by atoms with Gasteiger partial charge in [-0.05, 0) is 49.7 Å². The van der Waals surface area contributed by atoms with Gasteiger partial charge >= 0.3 is 0 Å². The average Bonchev–Trinajstić information content (AvgIpc) is 2.96. The Kier molecular flexibility index (Phi) is 3.49. The van der Waals surface area contributed by atoms with Crippen LogP contribution in [-0.4, -0.2) is 13.6 Å². The third kappa shape index (κ3) is 2.43. The first-order chi connectivity index (χ1) is 9.67. The van der Waals surface area contributed by atoms with E-state index < -0.39 is 0 Å². The van der Waals surface area contributed by atoms with Gasteiger partial charge in [0.15, 0.2) is 0 Å². The van der Waals surface area contributed by atoms with Crippen LogP contribution in [0.4, 0.5) is 10.1 Å². The highest BCUT2D eigenvalue weighted by molar-refractivity contribution is 5.58. The topological polar surface area (TPSA) is 28.4 Å². The van der Waals surface area contributed by atoms with E-state index in [1.54, 1.807) is 6.07 Å². The van der Waals surface area contributed by atoms with E-state index in [0.29, 0.717) is 6.54 Å². The molecule has 20 heavy (non-hydrogen) atoms. The Morgan fingerprint density at radius 3 is 3.00 bits per heavy atom. The monoisotopic (exact) mass is 274 g/mol. The molecule has 0 radical (unpaired) electrons. The van der Waals surface area contributed by atoms with Crippen LogP contribution < -0.4 is 10.2 Å². The third-order valence-corrected chi connectivity index (χ3v) is 3.79. The highest BCUT2D eigenvalue weighted by Gasteiger charge is 2.21. The SMILES string of the molecule is CNCc1oc(CN2CCc3ccc(F)cc32)cc1C. The van der Waals surface area contributed by atoms with Crippen LogP contribution in [0.2, 0.25) is 0 Å². The highest BCUT2D eigenvalue weighted by Crippen LogP contribution is 2.30. The number of nitrogens with zero attached hydrogens (tertiary/aromatic N) is 1. The number of aryl methyl sites for hydroxylation is 1. The molecule has 106 valence electrons. The van der Waals surface area contributed by atoms with Crippen LogP contribution in [0, 0.1) is 12.7 Å². The molecule has 0 fully saturated rings. The fourth-order valence-corrected chi connectivity index (χ4v) is 2.78. The van der Waals surface area contributed by atoms with Gasteiger partial charge in [-0.3, -0.25) is 0 Å². The minimum atomic E-state index is -0.179. The van der Waals surface area contributed by atoms with Crippen molar-refractivity contribution < 1.29 is 8.81 Å². The Morgan fingerprint density at radius 2 is 2.20 bits per heavy atom. The molecule has 3 rings (SSSR count). The molecule has 0 atom stereocenters. The smallest absolute Gasteiger partial charge is 0.125 e. The van der Waals surface area contributed by atoms with Crippen LogP contribution in [0.1, 0.15) is 22.6 Å². The maximum absolute atomic E-state index is 13.4. The number of hydrogen-bond acceptors (Lipinski definition) is 3. The van der Waals surface area contributed by atoms with Gasteiger partial charge in [-0.2, -0.15) is 0 Å². The molecule has 2 heterocycles. The van der Waals surface area contributed by atoms with Crippen LogP contribution in [0.5, 0.6) is 0 Å². The molecule has 3 nitrogen and oxygen atoms in total. The van der Waals surface area contributed by atoms with Crippen LogP contribution in [-0.2, 0) is 19.5 Å². The normalized spacial score (nSPS) is 13.8. The number of nitrogens with one attached hydrogen (secondary N) is 1. The van der Waals surface area contributed by atoms with Gasteiger partial charge in [0.05, 0.1) is 13.1 Å². The lowest BCUT2D eigenvalue weighted by Gasteiger charge is -2.17. The van der Waals surface area contributed by atoms with Crippen LogP contribution in [0.25, 0.3) is 0 Å². The summed E-state index contributed by atoms with van der Waals surface area (Å²) < 4.78 is 19.2. The molecule has 1 N–H and O–H groups in total. The summed E-state index contributed by atoms with van der Waals surface area (Å²) in [5.41, 5.74) is 3.37. The predicted octanol–water partition coefficient (Wildman–Crippen LogP) is 3.01. The van der Waals surface area contributed by atoms with Crippen LogP contribution in [0.15, 0.2) is 28.7 Å². The molecule has 0 saturated carbocycles. The van der Waals surface area contributed by atoms with Crippen molar-refractivity contribution in [2.45, 2.75) is 26.4 Å². The van der Waals surface area contributed by atoms with E-state index >= 15 is 0 Å². The molecular weight excluding hydrogens is 255 g/mol. The second-order valence-electron chi connectivity index (χ2n) is 5.29. The van der Waals surface area contributed by atoms with Gasteiger partial charge < -0.3 is 14.6 Å². The second kappa shape index (κ2) is 5.29. The van der Waals surface area contributed by atoms with Gasteiger partial charge in [0.2, 0.25) is 0 Å². The lowest BCUT2D eigenvalue weighted by molar-refractivity contribution is 0.450. The molecule has 0 spiro atoms. The standard InChI is InChI=1S/C16H19FN2O/c1-11-7-14(20-16(11)9-18-2)10-19-6-5-12-3-4-13(17)8-15(12)19/h3-4,7-8,18H,5-6,9-10H2,1-2H3. The average molecular weight is 274 g/mol. The van der Waals surface area contributed by atoms with Gasteiger partial charge in [0.1, 0.15) is 17.3 Å². The van der Waals surface area contributed by atoms with Crippen molar-refractivity contribution in [2.24, 2.45) is 0 Å². The molecule has 2 aromatic rings. The van der Waals surface area contributed by atoms with Crippen molar-refractivity contribution in [3.8, 4) is 0 Å². The summed E-state index contributed by atoms with van der Waals surface area (Å²) in [7, 11) is 1.90. The largest absolute Gasteiger partial charge is 0.463 e. The van der Waals surface area contributed by atoms with E-state index in [-0.39, 0.29) is 5.82 Å². The molecule has 1 aliphatic heterocycles. The predicted molar refractivity (Wildman–Crippen MR) is 77.4 cm³/mol. The summed E-state index contributed by atoms with van der Waals surface area (Å²) in [6.07, 6.45) is 0.971. The van der Waals surface area contributed by atoms with Crippen molar-refractivity contribution in [2.75, 3.05) is 18.5 Å². The van der Waals surface area contributed by atoms with Crippen molar-refractivity contribution in [3.63, 3.8) is 0 Å². The van der Waals surface area contributed by atoms with Gasteiger partial charge in [-0.25, -0.2) is 4.39 Å². The molecule has 0 unspecified atom stereocenters. The minimum Gasteiger partial charge on any atom is -0.463 e. The third-order valence-electron chi connectivity index (χ3n) is 3.79. The second-order valence-corrected chi connectivity index (χ2v) is 5.29. The maximum Gasteiger partial charge on any atom is 0.125 e. The van der Waals surface area contributed by atoms with E-state index in [0.717, 1.165) is 42.3 Å². The fourth-order valence-electron chi connectivity index (χ4n) is 2.78. The first kappa shape index (κ1) is 13.2. The fraction of sp³-hybridized carbons (Fsp3) is 0.375. The zero-order valence-corrected chi connectivity index (χ0v) is 11.9. The van der Waals surface area contributed by atoms with Crippen LogP contribution in [0.3, 0.4) is 0 Å². The summed E-state index contributed by atoms with van der Waals surface area (Å²) in [5, 5.41) is 3.10. The number of hydrogen-bond donors (Lipinski definition) is 1. The molecular formula is C16H19FN2O. The lowest BCUT2D eigenvalue weighted by atomic mass is 10.2. The van der Waals surface area contributed by atoms with Crippen molar-refractivity contribution >= 4 is 5.69 Å². The minimum absolute atomic E-state index is 0.179. The quantitative estimate of drug-likeness (QED) is 0.929. The summed E-state index contributed by atoms with van der Waals surface area (Å²) in [6, 6.07) is 7.10. The molecule has 1 aliphatic rings. The summed E-state index contributed by atoms with van der Waals surface area (Å²) in [6.45, 7) is 4.40. The zero-order valence-electron chi connectivity index (χ0n) is 11.9. The van der Waals surface area contributed by atoms with Gasteiger partial charge in [-0.15, -0.1) is 0 Å². The molecule has 0 bridgehead atoms. The highest BCUT2D eigenvalue weighted by atomic mass is 19.1. The number of anilines is 1. The van der Waals surface area contributed by atoms with Gasteiger partial charge in [-0.1, -0.05) is 6.07 Å². The summed E-state index contributed by atoms with van der Waals surface area (Å²) in [4.78, 5) is 2.18. The number of halogens is 1. The Balaban J connectivity index is 1.80. The lowest BCUT2D eigenvalue weighted by Crippen LogP contribution is -2.19. The first-order valence-electron chi connectivity index (χ1n) is 6.93. The summed E-state index contributed by atoms with van der Waals surface area (Å²) in [5.74, 6) is 1.73. The van der Waals surface area contributed by atoms with E-state index in [1.165, 1.54) is 11.6 Å². The van der Waals surface area contributed by atoms with E-state index in [1.807, 2.05) is 13.1 Å². The molecule has 1 aromatic carbocycles. The van der Waals surface area contributed by atoms with Crippen molar-refractivity contribution in [3.05, 3.63) is 52.7 Å². The Bertz CT molecular complexity index is 621. The van der Waals surface area contributed by atoms with Crippen molar-refractivity contribution in [1.29, 1.82) is 0 Å². The van der Waals surface area contributed by atoms with E-state index in [9.17, 15) is 4.39 Å². The zero-order chi connectivity index (χ0) is 14.1.